The molecule has 37 heavy (non-hydrogen) atoms. The number of benzene rings is 2. The van der Waals surface area contributed by atoms with E-state index in [1.54, 1.807) is 16.7 Å². The molecule has 0 N–H and O–H groups in total. The van der Waals surface area contributed by atoms with Crippen LogP contribution in [0.4, 0.5) is 0 Å². The molecule has 0 radical (unpaired) electrons. The van der Waals surface area contributed by atoms with Gasteiger partial charge >= 0.3 is 5.97 Å². The number of sulfonamides is 1. The summed E-state index contributed by atoms with van der Waals surface area (Å²) in [5.41, 5.74) is 0.847. The zero-order valence-corrected chi connectivity index (χ0v) is 22.7. The minimum atomic E-state index is -3.64. The van der Waals surface area contributed by atoms with Gasteiger partial charge in [0.15, 0.2) is 16.3 Å². The summed E-state index contributed by atoms with van der Waals surface area (Å²) in [4.78, 5) is 29.8. The van der Waals surface area contributed by atoms with E-state index in [0.29, 0.717) is 36.0 Å². The molecule has 1 saturated heterocycles. The lowest BCUT2D eigenvalue weighted by Crippen LogP contribution is -2.39. The summed E-state index contributed by atoms with van der Waals surface area (Å²) in [5.74, 6) is 0.189. The summed E-state index contributed by atoms with van der Waals surface area (Å²) in [7, 11) is 0.669. The Bertz CT molecular complexity index is 1490. The average Bonchev–Trinajstić information content (AvgIpc) is 3.22. The molecule has 1 aliphatic rings. The van der Waals surface area contributed by atoms with Gasteiger partial charge in [-0.2, -0.15) is 9.30 Å². The van der Waals surface area contributed by atoms with E-state index in [0.717, 1.165) is 17.5 Å². The number of carbonyl (C=O) groups excluding carboxylic acids is 2. The molecular formula is C25H29N3O7S2. The second kappa shape index (κ2) is 11.0. The van der Waals surface area contributed by atoms with Crippen LogP contribution in [0, 0.1) is 5.92 Å². The lowest BCUT2D eigenvalue weighted by Gasteiger charge is -2.30. The first-order valence-corrected chi connectivity index (χ1v) is 13.9. The van der Waals surface area contributed by atoms with E-state index >= 15 is 0 Å². The SMILES string of the molecule is COC(=O)Cn1c(=NC(=O)c2ccc(S(=O)(=O)N3CCCC(C)C3)cc2)sc2cc(OC)c(OC)cc21. The van der Waals surface area contributed by atoms with Gasteiger partial charge in [0.05, 0.1) is 36.4 Å². The highest BCUT2D eigenvalue weighted by molar-refractivity contribution is 7.89. The van der Waals surface area contributed by atoms with Crippen molar-refractivity contribution in [1.82, 2.24) is 8.87 Å². The van der Waals surface area contributed by atoms with Gasteiger partial charge in [0.25, 0.3) is 5.91 Å². The number of thiazole rings is 1. The highest BCUT2D eigenvalue weighted by Crippen LogP contribution is 2.33. The minimum absolute atomic E-state index is 0.139. The van der Waals surface area contributed by atoms with E-state index in [9.17, 15) is 18.0 Å². The Morgan fingerprint density at radius 1 is 1.08 bits per heavy atom. The van der Waals surface area contributed by atoms with Gasteiger partial charge in [-0.1, -0.05) is 18.3 Å². The standard InChI is InChI=1S/C25H29N3O7S2/c1-16-6-5-11-27(14-16)37(31,32)18-9-7-17(8-10-18)24(30)26-25-28(15-23(29)35-4)19-12-20(33-2)21(34-3)13-22(19)36-25/h7-10,12-13,16H,5-6,11,14-15H2,1-4H3. The van der Waals surface area contributed by atoms with E-state index in [-0.39, 0.29) is 21.8 Å². The molecule has 198 valence electrons. The molecule has 0 saturated carbocycles. The number of carbonyl (C=O) groups is 2. The van der Waals surface area contributed by atoms with Gasteiger partial charge < -0.3 is 18.8 Å². The number of rotatable bonds is 7. The van der Waals surface area contributed by atoms with Gasteiger partial charge in [-0.3, -0.25) is 9.59 Å². The number of nitrogens with zero attached hydrogens (tertiary/aromatic N) is 3. The number of hydrogen-bond donors (Lipinski definition) is 0. The highest BCUT2D eigenvalue weighted by atomic mass is 32.2. The molecule has 1 unspecified atom stereocenters. The van der Waals surface area contributed by atoms with Crippen LogP contribution in [0.1, 0.15) is 30.1 Å². The maximum Gasteiger partial charge on any atom is 0.325 e. The van der Waals surface area contributed by atoms with Crippen LogP contribution < -0.4 is 14.3 Å². The Morgan fingerprint density at radius 2 is 1.76 bits per heavy atom. The third kappa shape index (κ3) is 5.55. The highest BCUT2D eigenvalue weighted by Gasteiger charge is 2.28. The molecule has 3 aromatic rings. The predicted octanol–water partition coefficient (Wildman–Crippen LogP) is 3.05. The molecule has 4 rings (SSSR count). The Labute approximate surface area is 219 Å². The zero-order chi connectivity index (χ0) is 26.7. The second-order valence-electron chi connectivity index (χ2n) is 8.77. The predicted molar refractivity (Wildman–Crippen MR) is 138 cm³/mol. The number of amides is 1. The largest absolute Gasteiger partial charge is 0.493 e. The summed E-state index contributed by atoms with van der Waals surface area (Å²) in [6.45, 7) is 2.85. The van der Waals surface area contributed by atoms with Gasteiger partial charge in [-0.15, -0.1) is 0 Å². The van der Waals surface area contributed by atoms with Crippen molar-refractivity contribution < 1.29 is 32.2 Å². The van der Waals surface area contributed by atoms with Crippen LogP contribution in [-0.2, 0) is 26.1 Å². The summed E-state index contributed by atoms with van der Waals surface area (Å²) in [6.07, 6.45) is 1.84. The first kappa shape index (κ1) is 26.8. The number of aromatic nitrogens is 1. The molecule has 0 aliphatic carbocycles. The number of hydrogen-bond acceptors (Lipinski definition) is 8. The summed E-state index contributed by atoms with van der Waals surface area (Å²) >= 11 is 1.20. The monoisotopic (exact) mass is 547 g/mol. The van der Waals surface area contributed by atoms with E-state index in [1.165, 1.54) is 61.2 Å². The third-order valence-electron chi connectivity index (χ3n) is 6.26. The normalized spacial score (nSPS) is 17.1. The molecule has 2 aromatic carbocycles. The van der Waals surface area contributed by atoms with Crippen molar-refractivity contribution in [2.45, 2.75) is 31.2 Å². The van der Waals surface area contributed by atoms with Gasteiger partial charge in [-0.05, 0) is 43.0 Å². The van der Waals surface area contributed by atoms with Crippen LogP contribution in [0.2, 0.25) is 0 Å². The van der Waals surface area contributed by atoms with Crippen molar-refractivity contribution in [1.29, 1.82) is 0 Å². The van der Waals surface area contributed by atoms with Crippen LogP contribution in [0.15, 0.2) is 46.3 Å². The quantitative estimate of drug-likeness (QED) is 0.418. The molecule has 1 amide bonds. The maximum absolute atomic E-state index is 13.1. The first-order chi connectivity index (χ1) is 17.7. The van der Waals surface area contributed by atoms with E-state index < -0.39 is 21.9 Å². The van der Waals surface area contributed by atoms with Gasteiger partial charge in [0.1, 0.15) is 6.54 Å². The van der Waals surface area contributed by atoms with E-state index in [2.05, 4.69) is 4.99 Å². The second-order valence-corrected chi connectivity index (χ2v) is 11.7. The summed E-state index contributed by atoms with van der Waals surface area (Å²) in [6, 6.07) is 9.22. The zero-order valence-electron chi connectivity index (χ0n) is 21.1. The van der Waals surface area contributed by atoms with Crippen molar-refractivity contribution in [3.8, 4) is 11.5 Å². The maximum atomic E-state index is 13.1. The van der Waals surface area contributed by atoms with Crippen LogP contribution in [0.5, 0.6) is 11.5 Å². The molecule has 12 heteroatoms. The van der Waals surface area contributed by atoms with Crippen LogP contribution >= 0.6 is 11.3 Å². The lowest BCUT2D eigenvalue weighted by molar-refractivity contribution is -0.141. The topological polar surface area (TPSA) is 117 Å². The third-order valence-corrected chi connectivity index (χ3v) is 9.18. The lowest BCUT2D eigenvalue weighted by atomic mass is 10.0. The van der Waals surface area contributed by atoms with E-state index in [1.807, 2.05) is 6.92 Å². The smallest absolute Gasteiger partial charge is 0.325 e. The van der Waals surface area contributed by atoms with Gasteiger partial charge in [0, 0.05) is 30.8 Å². The minimum Gasteiger partial charge on any atom is -0.493 e. The number of esters is 1. The van der Waals surface area contributed by atoms with Gasteiger partial charge in [-0.25, -0.2) is 8.42 Å². The number of ether oxygens (including phenoxy) is 3. The Balaban J connectivity index is 1.70. The fraction of sp³-hybridized carbons (Fsp3) is 0.400. The molecule has 0 spiro atoms. The van der Waals surface area contributed by atoms with Crippen LogP contribution in [-0.4, -0.2) is 63.6 Å². The van der Waals surface area contributed by atoms with Crippen LogP contribution in [0.25, 0.3) is 10.2 Å². The molecule has 2 heterocycles. The Kier molecular flexibility index (Phi) is 8.00. The summed E-state index contributed by atoms with van der Waals surface area (Å²) in [5, 5.41) is 0. The van der Waals surface area contributed by atoms with Crippen LogP contribution in [0.3, 0.4) is 0 Å². The molecule has 1 atom stereocenters. The fourth-order valence-corrected chi connectivity index (χ4v) is 6.90. The molecular weight excluding hydrogens is 518 g/mol. The summed E-state index contributed by atoms with van der Waals surface area (Å²) < 4.78 is 45.4. The molecule has 10 nitrogen and oxygen atoms in total. The number of fused-ring (bicyclic) bond motifs is 1. The molecule has 0 bridgehead atoms. The van der Waals surface area contributed by atoms with Crippen molar-refractivity contribution in [2.75, 3.05) is 34.4 Å². The van der Waals surface area contributed by atoms with Crippen molar-refractivity contribution >= 4 is 43.5 Å². The van der Waals surface area contributed by atoms with Gasteiger partial charge in [0.2, 0.25) is 10.0 Å². The van der Waals surface area contributed by atoms with E-state index in [4.69, 9.17) is 14.2 Å². The fourth-order valence-electron chi connectivity index (χ4n) is 4.26. The molecule has 1 fully saturated rings. The van der Waals surface area contributed by atoms with Crippen molar-refractivity contribution in [3.05, 3.63) is 46.8 Å². The number of methoxy groups -OCH3 is 3. The number of piperidine rings is 1. The Hall–Kier alpha value is -3.22. The average molecular weight is 548 g/mol. The first-order valence-electron chi connectivity index (χ1n) is 11.7. The molecule has 1 aliphatic heterocycles. The Morgan fingerprint density at radius 3 is 2.38 bits per heavy atom. The van der Waals surface area contributed by atoms with Crippen molar-refractivity contribution in [3.63, 3.8) is 0 Å². The van der Waals surface area contributed by atoms with Crippen molar-refractivity contribution in [2.24, 2.45) is 10.9 Å². The molecule has 1 aromatic heterocycles.